The Labute approximate surface area is 216 Å². The van der Waals surface area contributed by atoms with Crippen molar-refractivity contribution in [2.24, 2.45) is 0 Å². The zero-order valence-corrected chi connectivity index (χ0v) is 24.9. The first-order valence-electron chi connectivity index (χ1n) is 12.7. The van der Waals surface area contributed by atoms with Crippen LogP contribution in [0.3, 0.4) is 0 Å². The molecule has 0 aliphatic rings. The maximum atomic E-state index is 4.90. The van der Waals surface area contributed by atoms with Crippen molar-refractivity contribution < 1.29 is 0 Å². The molecule has 0 fully saturated rings. The second-order valence-electron chi connectivity index (χ2n) is 10.4. The Morgan fingerprint density at radius 1 is 0.917 bits per heavy atom. The molecule has 0 N–H and O–H groups in total. The van der Waals surface area contributed by atoms with E-state index in [1.807, 2.05) is 11.4 Å². The second kappa shape index (κ2) is 9.80. The number of benzene rings is 2. The average molecular weight is 589 g/mol. The zero-order valence-electron chi connectivity index (χ0n) is 22.0. The number of nitrogens with zero attached hydrogens (tertiary/aromatic N) is 8. The predicted molar refractivity (Wildman–Crippen MR) is 146 cm³/mol. The quantitative estimate of drug-likeness (QED) is 0.222. The van der Waals surface area contributed by atoms with Crippen molar-refractivity contribution in [1.29, 1.82) is 0 Å². The van der Waals surface area contributed by atoms with Gasteiger partial charge < -0.3 is 0 Å². The van der Waals surface area contributed by atoms with E-state index in [1.54, 1.807) is 0 Å². The molecule has 0 aliphatic carbocycles. The Kier molecular flexibility index (Phi) is 6.72. The van der Waals surface area contributed by atoms with E-state index in [0.717, 1.165) is 71.3 Å². The van der Waals surface area contributed by atoms with Gasteiger partial charge in [-0.3, -0.25) is 0 Å². The molecular formula is C27H34N8Sn. The molecule has 36 heavy (non-hydrogen) atoms. The van der Waals surface area contributed by atoms with Crippen LogP contribution in [0.4, 0.5) is 0 Å². The Bertz CT molecular complexity index is 1500. The molecule has 2 aromatic carbocycles. The Hall–Kier alpha value is -3.01. The predicted octanol–water partition coefficient (Wildman–Crippen LogP) is 5.54. The van der Waals surface area contributed by atoms with Crippen LogP contribution in [0.5, 0.6) is 0 Å². The van der Waals surface area contributed by atoms with Gasteiger partial charge in [0.1, 0.15) is 0 Å². The maximum absolute atomic E-state index is 4.90. The van der Waals surface area contributed by atoms with E-state index in [0.29, 0.717) is 0 Å². The molecule has 5 rings (SSSR count). The minimum atomic E-state index is -2.54. The summed E-state index contributed by atoms with van der Waals surface area (Å²) in [5.74, 6) is 2.88. The van der Waals surface area contributed by atoms with Crippen molar-refractivity contribution in [3.05, 3.63) is 71.3 Å². The van der Waals surface area contributed by atoms with E-state index >= 15 is 0 Å². The van der Waals surface area contributed by atoms with Crippen molar-refractivity contribution in [3.8, 4) is 22.5 Å². The molecule has 0 saturated heterocycles. The molecule has 8 nitrogen and oxygen atoms in total. The Morgan fingerprint density at radius 3 is 2.33 bits per heavy atom. The molecule has 0 radical (unpaired) electrons. The first kappa shape index (κ1) is 24.7. The van der Waals surface area contributed by atoms with Crippen molar-refractivity contribution in [1.82, 2.24) is 37.6 Å². The molecule has 0 saturated carbocycles. The van der Waals surface area contributed by atoms with Gasteiger partial charge in [-0.1, -0.05) is 13.3 Å². The number of tetrazole rings is 1. The van der Waals surface area contributed by atoms with Gasteiger partial charge in [-0.25, -0.2) is 0 Å². The number of fused-ring (bicyclic) bond motifs is 1. The summed E-state index contributed by atoms with van der Waals surface area (Å²) in [5, 5.41) is 17.7. The van der Waals surface area contributed by atoms with Crippen LogP contribution < -0.4 is 0 Å². The number of hydrogen-bond acceptors (Lipinski definition) is 5. The minimum absolute atomic E-state index is 0.747. The summed E-state index contributed by atoms with van der Waals surface area (Å²) in [7, 11) is 0. The molecule has 0 unspecified atom stereocenters. The van der Waals surface area contributed by atoms with Gasteiger partial charge in [0.2, 0.25) is 0 Å². The van der Waals surface area contributed by atoms with Crippen molar-refractivity contribution in [3.63, 3.8) is 0 Å². The number of unbranched alkanes of at least 4 members (excludes halogenated alkanes) is 1. The van der Waals surface area contributed by atoms with Gasteiger partial charge in [0.15, 0.2) is 0 Å². The summed E-state index contributed by atoms with van der Waals surface area (Å²) in [6.45, 7) is 7.10. The number of imidazole rings is 1. The van der Waals surface area contributed by atoms with Crippen LogP contribution in [0.25, 0.3) is 28.3 Å². The number of aryl methyl sites for hydroxylation is 3. The van der Waals surface area contributed by atoms with Crippen LogP contribution in [-0.2, 0) is 13.0 Å². The molecule has 5 aromatic rings. The molecule has 3 aromatic heterocycles. The van der Waals surface area contributed by atoms with Crippen molar-refractivity contribution in [2.45, 2.75) is 61.4 Å². The van der Waals surface area contributed by atoms with Crippen LogP contribution in [0, 0.1) is 13.8 Å². The molecule has 0 amide bonds. The summed E-state index contributed by atoms with van der Waals surface area (Å²) >= 11 is -2.54. The van der Waals surface area contributed by atoms with Gasteiger partial charge in [-0.15, -0.1) is 0 Å². The van der Waals surface area contributed by atoms with Crippen LogP contribution >= 0.6 is 0 Å². The number of aromatic nitrogens is 8. The summed E-state index contributed by atoms with van der Waals surface area (Å²) in [6, 6.07) is 17.2. The monoisotopic (exact) mass is 590 g/mol. The zero-order chi connectivity index (χ0) is 25.4. The average Bonchev–Trinajstić information content (AvgIpc) is 3.55. The SMILES string of the molecule is CCCCc1nn2c(C)c(C)nc2n1Cc1ccc(-c2ccccc2-c2nnn[n]2[Sn]([CH3])([CH3])[CH3])cc1. The molecule has 0 atom stereocenters. The first-order valence-corrected chi connectivity index (χ1v) is 22.5. The molecule has 0 aliphatic heterocycles. The van der Waals surface area contributed by atoms with Crippen LogP contribution in [0.2, 0.25) is 14.8 Å². The fraction of sp³-hybridized carbons (Fsp3) is 0.370. The normalized spacial score (nSPS) is 12.1. The van der Waals surface area contributed by atoms with Gasteiger partial charge >= 0.3 is 172 Å². The van der Waals surface area contributed by atoms with E-state index in [-0.39, 0.29) is 0 Å². The molecule has 186 valence electrons. The molecular weight excluding hydrogens is 555 g/mol. The first-order chi connectivity index (χ1) is 17.3. The van der Waals surface area contributed by atoms with Gasteiger partial charge in [-0.05, 0) is 20.3 Å². The van der Waals surface area contributed by atoms with Crippen molar-refractivity contribution in [2.75, 3.05) is 0 Å². The molecule has 0 spiro atoms. The van der Waals surface area contributed by atoms with Gasteiger partial charge in [0, 0.05) is 0 Å². The Balaban J connectivity index is 1.49. The third-order valence-corrected chi connectivity index (χ3v) is 11.2. The van der Waals surface area contributed by atoms with Crippen LogP contribution in [0.1, 0.15) is 42.5 Å². The van der Waals surface area contributed by atoms with Gasteiger partial charge in [-0.2, -0.15) is 0 Å². The van der Waals surface area contributed by atoms with Gasteiger partial charge in [0.25, 0.3) is 0 Å². The van der Waals surface area contributed by atoms with E-state index in [4.69, 9.17) is 10.1 Å². The van der Waals surface area contributed by atoms with E-state index < -0.39 is 18.7 Å². The fourth-order valence-corrected chi connectivity index (χ4v) is 7.72. The second-order valence-corrected chi connectivity index (χ2v) is 24.0. The van der Waals surface area contributed by atoms with Crippen LogP contribution in [0.15, 0.2) is 48.5 Å². The molecule has 3 heterocycles. The standard InChI is InChI=1S/C24H25N8.3CH3.Sn/c1-4-5-10-22-28-32-17(3)16(2)25-24(32)31(22)15-18-11-13-19(14-12-18)20-8-6-7-9-21(20)23-26-29-30-27-23;;;;/h6-9,11-14H,4-5,10,15H2,1-3H3;3*1H3;/q-1;;;;+1. The number of rotatable bonds is 8. The van der Waals surface area contributed by atoms with Crippen LogP contribution in [-0.4, -0.2) is 56.2 Å². The summed E-state index contributed by atoms with van der Waals surface area (Å²) in [5.41, 5.74) is 6.73. The van der Waals surface area contributed by atoms with Crippen molar-refractivity contribution >= 4 is 24.4 Å². The topological polar surface area (TPSA) is 78.7 Å². The van der Waals surface area contributed by atoms with E-state index in [2.05, 4.69) is 100 Å². The number of hydrogen-bond donors (Lipinski definition) is 0. The summed E-state index contributed by atoms with van der Waals surface area (Å²) in [6.07, 6.45) is 3.22. The summed E-state index contributed by atoms with van der Waals surface area (Å²) < 4.78 is 6.36. The molecule has 9 heteroatoms. The van der Waals surface area contributed by atoms with E-state index in [1.165, 1.54) is 5.56 Å². The van der Waals surface area contributed by atoms with Gasteiger partial charge in [0.05, 0.1) is 11.4 Å². The fourth-order valence-electron chi connectivity index (χ4n) is 4.55. The Morgan fingerprint density at radius 2 is 1.64 bits per heavy atom. The third kappa shape index (κ3) is 4.58. The third-order valence-electron chi connectivity index (χ3n) is 6.70. The van der Waals surface area contributed by atoms with E-state index in [9.17, 15) is 0 Å². The molecule has 0 bridgehead atoms. The summed E-state index contributed by atoms with van der Waals surface area (Å²) in [4.78, 5) is 11.8.